The van der Waals surface area contributed by atoms with Crippen LogP contribution in [0.3, 0.4) is 0 Å². The lowest BCUT2D eigenvalue weighted by Crippen LogP contribution is -2.32. The van der Waals surface area contributed by atoms with Crippen LogP contribution in [0, 0.1) is 11.8 Å². The molecule has 0 aromatic heterocycles. The highest BCUT2D eigenvalue weighted by Crippen LogP contribution is 2.30. The van der Waals surface area contributed by atoms with E-state index < -0.39 is 29.9 Å². The van der Waals surface area contributed by atoms with E-state index >= 15 is 0 Å². The van der Waals surface area contributed by atoms with Crippen molar-refractivity contribution in [2.24, 2.45) is 11.8 Å². The van der Waals surface area contributed by atoms with Gasteiger partial charge in [-0.2, -0.15) is 0 Å². The molecule has 0 radical (unpaired) electrons. The number of aliphatic hydroxyl groups excluding tert-OH is 2. The number of hydrogen-bond acceptors (Lipinski definition) is 4. The zero-order valence-corrected chi connectivity index (χ0v) is 9.87. The fourth-order valence-electron chi connectivity index (χ4n) is 1.72. The third-order valence-corrected chi connectivity index (χ3v) is 2.66. The Bertz CT molecular complexity index is 228. The van der Waals surface area contributed by atoms with Gasteiger partial charge in [-0.15, -0.1) is 0 Å². The van der Waals surface area contributed by atoms with Crippen molar-refractivity contribution >= 4 is 11.9 Å². The lowest BCUT2D eigenvalue weighted by Gasteiger charge is -2.24. The Balaban J connectivity index is 0.000000437. The molecule has 1 aliphatic carbocycles. The molecule has 100 valence electrons. The highest BCUT2D eigenvalue weighted by molar-refractivity contribution is 5.80. The summed E-state index contributed by atoms with van der Waals surface area (Å²) in [6.45, 7) is 1.39. The second-order valence-corrected chi connectivity index (χ2v) is 4.21. The summed E-state index contributed by atoms with van der Waals surface area (Å²) in [6, 6.07) is 0. The fraction of sp³-hybridized carbons (Fsp3) is 0.818. The smallest absolute Gasteiger partial charge is 0.307 e. The molecule has 3 atom stereocenters. The SMILES string of the molecule is CC(O)CO.O=C(O)C1CCCCC1C(=O)O. The normalized spacial score (nSPS) is 25.4. The van der Waals surface area contributed by atoms with Gasteiger partial charge in [0.05, 0.1) is 24.5 Å². The van der Waals surface area contributed by atoms with Gasteiger partial charge in [-0.1, -0.05) is 12.8 Å². The van der Waals surface area contributed by atoms with Crippen LogP contribution in [-0.4, -0.2) is 45.1 Å². The van der Waals surface area contributed by atoms with E-state index in [9.17, 15) is 9.59 Å². The van der Waals surface area contributed by atoms with E-state index in [1.807, 2.05) is 0 Å². The van der Waals surface area contributed by atoms with Gasteiger partial charge in [0.1, 0.15) is 0 Å². The molecule has 6 nitrogen and oxygen atoms in total. The molecule has 3 unspecified atom stereocenters. The number of carboxylic acid groups (broad SMARTS) is 2. The van der Waals surface area contributed by atoms with Crippen LogP contribution in [0.4, 0.5) is 0 Å². The van der Waals surface area contributed by atoms with Crippen molar-refractivity contribution in [3.8, 4) is 0 Å². The van der Waals surface area contributed by atoms with Gasteiger partial charge in [-0.3, -0.25) is 9.59 Å². The summed E-state index contributed by atoms with van der Waals surface area (Å²) in [6.07, 6.45) is 2.12. The molecular weight excluding hydrogens is 228 g/mol. The standard InChI is InChI=1S/C8H12O4.C3H8O2/c9-7(10)5-3-1-2-4-6(5)8(11)12;1-3(5)2-4/h5-6H,1-4H2,(H,9,10)(H,11,12);3-5H,2H2,1H3. The summed E-state index contributed by atoms with van der Waals surface area (Å²) in [5.41, 5.74) is 0. The summed E-state index contributed by atoms with van der Waals surface area (Å²) in [5, 5.41) is 33.4. The fourth-order valence-corrected chi connectivity index (χ4v) is 1.72. The van der Waals surface area contributed by atoms with E-state index in [0.717, 1.165) is 12.8 Å². The van der Waals surface area contributed by atoms with Crippen LogP contribution < -0.4 is 0 Å². The van der Waals surface area contributed by atoms with Gasteiger partial charge in [0.2, 0.25) is 0 Å². The summed E-state index contributed by atoms with van der Waals surface area (Å²) < 4.78 is 0. The molecule has 0 amide bonds. The highest BCUT2D eigenvalue weighted by Gasteiger charge is 2.35. The van der Waals surface area contributed by atoms with E-state index in [1.54, 1.807) is 0 Å². The van der Waals surface area contributed by atoms with Crippen molar-refractivity contribution in [1.29, 1.82) is 0 Å². The Morgan fingerprint density at radius 2 is 1.41 bits per heavy atom. The first-order chi connectivity index (χ1) is 7.90. The Kier molecular flexibility index (Phi) is 7.49. The molecule has 0 aliphatic heterocycles. The van der Waals surface area contributed by atoms with Gasteiger partial charge in [-0.05, 0) is 19.8 Å². The molecule has 6 heteroatoms. The Morgan fingerprint density at radius 1 is 1.12 bits per heavy atom. The first-order valence-electron chi connectivity index (χ1n) is 5.64. The topological polar surface area (TPSA) is 115 Å². The van der Waals surface area contributed by atoms with E-state index in [1.165, 1.54) is 6.92 Å². The Morgan fingerprint density at radius 3 is 1.59 bits per heavy atom. The zero-order valence-electron chi connectivity index (χ0n) is 9.87. The molecule has 17 heavy (non-hydrogen) atoms. The predicted octanol–water partition coefficient (Wildman–Crippen LogP) is 0.321. The number of rotatable bonds is 3. The number of carboxylic acids is 2. The molecule has 0 bridgehead atoms. The third kappa shape index (κ3) is 6.23. The first kappa shape index (κ1) is 15.9. The molecule has 0 aromatic carbocycles. The van der Waals surface area contributed by atoms with Crippen molar-refractivity contribution in [3.63, 3.8) is 0 Å². The second-order valence-electron chi connectivity index (χ2n) is 4.21. The molecule has 0 aromatic rings. The number of aliphatic carboxylic acids is 2. The monoisotopic (exact) mass is 248 g/mol. The highest BCUT2D eigenvalue weighted by atomic mass is 16.4. The van der Waals surface area contributed by atoms with Gasteiger partial charge in [-0.25, -0.2) is 0 Å². The molecule has 1 saturated carbocycles. The molecule has 0 spiro atoms. The molecule has 4 N–H and O–H groups in total. The maximum Gasteiger partial charge on any atom is 0.307 e. The molecule has 1 fully saturated rings. The second kappa shape index (κ2) is 8.03. The largest absolute Gasteiger partial charge is 0.481 e. The van der Waals surface area contributed by atoms with Gasteiger partial charge in [0.15, 0.2) is 0 Å². The quantitative estimate of drug-likeness (QED) is 0.572. The van der Waals surface area contributed by atoms with E-state index in [0.29, 0.717) is 12.8 Å². The summed E-state index contributed by atoms with van der Waals surface area (Å²) in [4.78, 5) is 21.2. The number of hydrogen-bond donors (Lipinski definition) is 4. The minimum absolute atomic E-state index is 0.139. The lowest BCUT2D eigenvalue weighted by atomic mass is 9.79. The van der Waals surface area contributed by atoms with Crippen LogP contribution in [0.1, 0.15) is 32.6 Å². The molecule has 0 heterocycles. The first-order valence-corrected chi connectivity index (χ1v) is 5.64. The summed E-state index contributed by atoms with van der Waals surface area (Å²) in [5.74, 6) is -3.28. The van der Waals surface area contributed by atoms with Gasteiger partial charge in [0.25, 0.3) is 0 Å². The minimum atomic E-state index is -0.970. The Labute approximate surface area is 99.9 Å². The zero-order chi connectivity index (χ0) is 13.4. The average Bonchev–Trinajstić information content (AvgIpc) is 2.29. The van der Waals surface area contributed by atoms with Crippen LogP contribution in [0.2, 0.25) is 0 Å². The van der Waals surface area contributed by atoms with Crippen LogP contribution in [-0.2, 0) is 9.59 Å². The summed E-state index contributed by atoms with van der Waals surface area (Å²) in [7, 11) is 0. The number of carbonyl (C=O) groups is 2. The number of aliphatic hydroxyl groups is 2. The third-order valence-electron chi connectivity index (χ3n) is 2.66. The van der Waals surface area contributed by atoms with Crippen molar-refractivity contribution < 1.29 is 30.0 Å². The van der Waals surface area contributed by atoms with Crippen molar-refractivity contribution in [3.05, 3.63) is 0 Å². The predicted molar refractivity (Wildman–Crippen MR) is 59.5 cm³/mol. The minimum Gasteiger partial charge on any atom is -0.481 e. The van der Waals surface area contributed by atoms with E-state index in [2.05, 4.69) is 0 Å². The van der Waals surface area contributed by atoms with Crippen molar-refractivity contribution in [2.45, 2.75) is 38.7 Å². The van der Waals surface area contributed by atoms with Crippen LogP contribution in [0.25, 0.3) is 0 Å². The maximum atomic E-state index is 10.6. The summed E-state index contributed by atoms with van der Waals surface area (Å²) >= 11 is 0. The van der Waals surface area contributed by atoms with Crippen LogP contribution in [0.15, 0.2) is 0 Å². The van der Waals surface area contributed by atoms with Crippen molar-refractivity contribution in [1.82, 2.24) is 0 Å². The van der Waals surface area contributed by atoms with E-state index in [-0.39, 0.29) is 6.61 Å². The lowest BCUT2D eigenvalue weighted by molar-refractivity contribution is -0.155. The van der Waals surface area contributed by atoms with Crippen LogP contribution >= 0.6 is 0 Å². The van der Waals surface area contributed by atoms with E-state index in [4.69, 9.17) is 20.4 Å². The maximum absolute atomic E-state index is 10.6. The van der Waals surface area contributed by atoms with Gasteiger partial charge >= 0.3 is 11.9 Å². The van der Waals surface area contributed by atoms with Crippen LogP contribution in [0.5, 0.6) is 0 Å². The van der Waals surface area contributed by atoms with Crippen molar-refractivity contribution in [2.75, 3.05) is 6.61 Å². The molecular formula is C11H20O6. The molecule has 0 saturated heterocycles. The average molecular weight is 248 g/mol. The molecule has 1 rings (SSSR count). The molecule has 1 aliphatic rings. The Hall–Kier alpha value is -1.14. The van der Waals surface area contributed by atoms with Gasteiger partial charge < -0.3 is 20.4 Å². The van der Waals surface area contributed by atoms with Gasteiger partial charge in [0, 0.05) is 0 Å².